The first-order valence-electron chi connectivity index (χ1n) is 28.6. The Morgan fingerprint density at radius 3 is 1.34 bits per heavy atom. The van der Waals surface area contributed by atoms with Crippen LogP contribution in [-0.2, 0) is 42.9 Å². The molecule has 0 aromatic carbocycles. The van der Waals surface area contributed by atoms with Gasteiger partial charge in [-0.2, -0.15) is 0 Å². The average molecular weight is 1030 g/mol. The quantitative estimate of drug-likeness (QED) is 0.0228. The lowest BCUT2D eigenvalue weighted by Gasteiger charge is -2.40. The molecule has 0 aromatic rings. The Kier molecular flexibility index (Phi) is 44.7. The molecule has 0 spiro atoms. The largest absolute Gasteiger partial charge is 0.479 e. The first-order chi connectivity index (χ1) is 35.6. The van der Waals surface area contributed by atoms with E-state index >= 15 is 0 Å². The second kappa shape index (κ2) is 48.8. The molecule has 6 atom stereocenters. The van der Waals surface area contributed by atoms with E-state index in [1.165, 1.54) is 57.8 Å². The number of unbranched alkanes of at least 4 members (excludes halogenated alkanes) is 19. The Morgan fingerprint density at radius 2 is 0.863 bits per heavy atom. The minimum Gasteiger partial charge on any atom is -0.479 e. The summed E-state index contributed by atoms with van der Waals surface area (Å²) in [6.07, 6.45) is 49.9. The molecular formula is C61H100O12. The Bertz CT molecular complexity index is 1590. The van der Waals surface area contributed by atoms with Crippen molar-refractivity contribution in [2.24, 2.45) is 0 Å². The molecule has 0 amide bonds. The molecule has 12 heteroatoms. The molecule has 1 fully saturated rings. The molecule has 1 aliphatic heterocycles. The number of aliphatic hydroxyl groups is 2. The fourth-order valence-electron chi connectivity index (χ4n) is 8.14. The van der Waals surface area contributed by atoms with Crippen molar-refractivity contribution in [3.05, 3.63) is 85.1 Å². The summed E-state index contributed by atoms with van der Waals surface area (Å²) in [7, 11) is 0. The van der Waals surface area contributed by atoms with E-state index in [1.54, 1.807) is 0 Å². The Balaban J connectivity index is 2.74. The van der Waals surface area contributed by atoms with E-state index in [2.05, 4.69) is 106 Å². The maximum absolute atomic E-state index is 13.1. The summed E-state index contributed by atoms with van der Waals surface area (Å²) in [5.41, 5.74) is 0. The Hall–Kier alpha value is -4.10. The van der Waals surface area contributed by atoms with Gasteiger partial charge in [0, 0.05) is 19.3 Å². The maximum Gasteiger partial charge on any atom is 0.335 e. The highest BCUT2D eigenvalue weighted by atomic mass is 16.7. The van der Waals surface area contributed by atoms with E-state index < -0.39 is 67.3 Å². The Labute approximate surface area is 441 Å². The van der Waals surface area contributed by atoms with Gasteiger partial charge in [-0.3, -0.25) is 14.4 Å². The van der Waals surface area contributed by atoms with Crippen LogP contribution in [0.15, 0.2) is 85.1 Å². The summed E-state index contributed by atoms with van der Waals surface area (Å²) in [6.45, 7) is 5.71. The number of hydrogen-bond acceptors (Lipinski definition) is 11. The molecule has 1 heterocycles. The molecule has 1 saturated heterocycles. The highest BCUT2D eigenvalue weighted by molar-refractivity contribution is 5.74. The van der Waals surface area contributed by atoms with E-state index in [0.29, 0.717) is 19.3 Å². The molecule has 6 unspecified atom stereocenters. The number of carbonyl (C=O) groups is 4. The monoisotopic (exact) mass is 1020 g/mol. The number of hydrogen-bond donors (Lipinski definition) is 3. The van der Waals surface area contributed by atoms with Gasteiger partial charge in [0.25, 0.3) is 0 Å². The van der Waals surface area contributed by atoms with E-state index in [0.717, 1.165) is 109 Å². The SMILES string of the molecule is CC/C=C\C/C=C\C/C=C\C/C=C\CCCCC(=O)OCC(COC1OC(C(=O)O)C(O)C(O)C1OC(=O)CCCCCCC/C=C\C/C=C\C/C=C\CC)OC(=O)CCCCCCCCCCCCCCC. The van der Waals surface area contributed by atoms with Crippen LogP contribution in [-0.4, -0.2) is 89.2 Å². The van der Waals surface area contributed by atoms with Crippen molar-refractivity contribution >= 4 is 23.9 Å². The lowest BCUT2D eigenvalue weighted by atomic mass is 9.98. The van der Waals surface area contributed by atoms with Gasteiger partial charge in [-0.05, 0) is 89.9 Å². The van der Waals surface area contributed by atoms with Crippen LogP contribution in [0.25, 0.3) is 0 Å². The van der Waals surface area contributed by atoms with Gasteiger partial charge in [-0.25, -0.2) is 4.79 Å². The summed E-state index contributed by atoms with van der Waals surface area (Å²) in [4.78, 5) is 51.0. The highest BCUT2D eigenvalue weighted by Gasteiger charge is 2.50. The van der Waals surface area contributed by atoms with Crippen molar-refractivity contribution in [2.45, 2.75) is 263 Å². The number of rotatable bonds is 47. The zero-order valence-electron chi connectivity index (χ0n) is 45.6. The third-order valence-corrected chi connectivity index (χ3v) is 12.5. The summed E-state index contributed by atoms with van der Waals surface area (Å²) in [5.74, 6) is -3.20. The van der Waals surface area contributed by atoms with Crippen LogP contribution in [0.1, 0.15) is 226 Å². The first-order valence-corrected chi connectivity index (χ1v) is 28.6. The predicted molar refractivity (Wildman–Crippen MR) is 294 cm³/mol. The van der Waals surface area contributed by atoms with Gasteiger partial charge in [0.2, 0.25) is 0 Å². The van der Waals surface area contributed by atoms with Crippen molar-refractivity contribution in [3.63, 3.8) is 0 Å². The third kappa shape index (κ3) is 39.0. The number of aliphatic carboxylic acids is 1. The van der Waals surface area contributed by atoms with Crippen LogP contribution < -0.4 is 0 Å². The molecule has 73 heavy (non-hydrogen) atoms. The average Bonchev–Trinajstić information content (AvgIpc) is 3.37. The van der Waals surface area contributed by atoms with Gasteiger partial charge in [0.15, 0.2) is 24.6 Å². The fourth-order valence-corrected chi connectivity index (χ4v) is 8.14. The second-order valence-corrected chi connectivity index (χ2v) is 19.2. The minimum absolute atomic E-state index is 0.0346. The van der Waals surface area contributed by atoms with Gasteiger partial charge in [-0.1, -0.05) is 202 Å². The zero-order chi connectivity index (χ0) is 53.3. The molecule has 3 N–H and O–H groups in total. The number of carboxylic acids is 1. The fraction of sp³-hybridized carbons (Fsp3) is 0.705. The number of carboxylic acid groups (broad SMARTS) is 1. The van der Waals surface area contributed by atoms with Crippen LogP contribution in [0.4, 0.5) is 0 Å². The topological polar surface area (TPSA) is 175 Å². The van der Waals surface area contributed by atoms with Crippen molar-refractivity contribution in [3.8, 4) is 0 Å². The lowest BCUT2D eigenvalue weighted by molar-refractivity contribution is -0.301. The van der Waals surface area contributed by atoms with Crippen molar-refractivity contribution in [2.75, 3.05) is 13.2 Å². The van der Waals surface area contributed by atoms with Gasteiger partial charge in [0.1, 0.15) is 18.8 Å². The Morgan fingerprint density at radius 1 is 0.466 bits per heavy atom. The smallest absolute Gasteiger partial charge is 0.335 e. The number of allylic oxidation sites excluding steroid dienone is 14. The van der Waals surface area contributed by atoms with Gasteiger partial charge >= 0.3 is 23.9 Å². The van der Waals surface area contributed by atoms with Crippen LogP contribution in [0, 0.1) is 0 Å². The van der Waals surface area contributed by atoms with Gasteiger partial charge < -0.3 is 39.0 Å². The van der Waals surface area contributed by atoms with E-state index in [9.17, 15) is 34.5 Å². The molecule has 0 aromatic heterocycles. The molecule has 1 rings (SSSR count). The second-order valence-electron chi connectivity index (χ2n) is 19.2. The van der Waals surface area contributed by atoms with Crippen LogP contribution in [0.3, 0.4) is 0 Å². The maximum atomic E-state index is 13.1. The molecule has 1 aliphatic rings. The number of aliphatic hydroxyl groups excluding tert-OH is 2. The number of ether oxygens (including phenoxy) is 5. The van der Waals surface area contributed by atoms with E-state index in [4.69, 9.17) is 23.7 Å². The molecule has 416 valence electrons. The van der Waals surface area contributed by atoms with Crippen LogP contribution in [0.5, 0.6) is 0 Å². The molecule has 0 saturated carbocycles. The summed E-state index contributed by atoms with van der Waals surface area (Å²) in [5, 5.41) is 31.4. The molecule has 0 bridgehead atoms. The summed E-state index contributed by atoms with van der Waals surface area (Å²) < 4.78 is 28.3. The van der Waals surface area contributed by atoms with Crippen molar-refractivity contribution in [1.82, 2.24) is 0 Å². The first kappa shape index (κ1) is 66.9. The molecule has 0 aliphatic carbocycles. The normalized spacial score (nSPS) is 18.9. The van der Waals surface area contributed by atoms with Crippen LogP contribution in [0.2, 0.25) is 0 Å². The molecule has 12 nitrogen and oxygen atoms in total. The predicted octanol–water partition coefficient (Wildman–Crippen LogP) is 14.3. The van der Waals surface area contributed by atoms with E-state index in [1.807, 2.05) is 0 Å². The zero-order valence-corrected chi connectivity index (χ0v) is 45.6. The lowest BCUT2D eigenvalue weighted by Crippen LogP contribution is -2.61. The standard InChI is InChI=1S/C61H100O12/c1-4-7-10-13-16-19-22-25-27-30-32-35-38-41-44-47-53(62)69-50-52(71-54(63)48-45-42-39-36-33-29-24-21-18-15-12-9-6-3)51-70-61-59(57(66)56(65)58(73-61)60(67)68)72-55(64)49-46-43-40-37-34-31-28-26-23-20-17-14-11-8-5-2/h7-8,10-11,16-17,19-20,25-28,32,35,52,56-59,61,65-66H,4-6,9,12-15,18,21-24,29-31,33-34,36-51H2,1-3H3,(H,67,68)/b10-7-,11-8-,19-16-,20-17-,27-25-,28-26-,35-32-. The number of esters is 3. The minimum atomic E-state index is -1.92. The summed E-state index contributed by atoms with van der Waals surface area (Å²) in [6, 6.07) is 0. The van der Waals surface area contributed by atoms with E-state index in [-0.39, 0.29) is 25.9 Å². The third-order valence-electron chi connectivity index (χ3n) is 12.5. The van der Waals surface area contributed by atoms with Crippen LogP contribution >= 0.6 is 0 Å². The van der Waals surface area contributed by atoms with Crippen molar-refractivity contribution in [1.29, 1.82) is 0 Å². The molecular weight excluding hydrogens is 925 g/mol. The van der Waals surface area contributed by atoms with Gasteiger partial charge in [-0.15, -0.1) is 0 Å². The van der Waals surface area contributed by atoms with Crippen molar-refractivity contribution < 1.29 is 58.2 Å². The summed E-state index contributed by atoms with van der Waals surface area (Å²) >= 11 is 0. The van der Waals surface area contributed by atoms with Gasteiger partial charge in [0.05, 0.1) is 6.61 Å². The molecule has 0 radical (unpaired) electrons. The highest BCUT2D eigenvalue weighted by Crippen LogP contribution is 2.26. The number of carbonyl (C=O) groups excluding carboxylic acids is 3.